The van der Waals surface area contributed by atoms with Crippen LogP contribution >= 0.6 is 0 Å². The maximum atomic E-state index is 12.2. The summed E-state index contributed by atoms with van der Waals surface area (Å²) in [6.45, 7) is -0.866. The molecule has 1 unspecified atom stereocenters. The van der Waals surface area contributed by atoms with Crippen LogP contribution in [-0.4, -0.2) is 21.5 Å². The first-order valence-electron chi connectivity index (χ1n) is 6.74. The molecule has 21 heavy (non-hydrogen) atoms. The van der Waals surface area contributed by atoms with E-state index in [4.69, 9.17) is 0 Å². The van der Waals surface area contributed by atoms with E-state index in [2.05, 4.69) is 9.84 Å². The van der Waals surface area contributed by atoms with E-state index >= 15 is 0 Å². The lowest BCUT2D eigenvalue weighted by molar-refractivity contribution is -0.0499. The Balaban J connectivity index is 2.12. The van der Waals surface area contributed by atoms with Crippen molar-refractivity contribution in [1.29, 1.82) is 0 Å². The molecular weight excluding hydrogens is 278 g/mol. The number of halogens is 2. The fourth-order valence-corrected chi connectivity index (χ4v) is 2.15. The van der Waals surface area contributed by atoms with E-state index in [0.717, 1.165) is 17.8 Å². The van der Waals surface area contributed by atoms with Crippen LogP contribution in [0, 0.1) is 0 Å². The monoisotopic (exact) mass is 296 g/mol. The number of aliphatic hydroxyl groups is 1. The third-order valence-electron chi connectivity index (χ3n) is 3.26. The van der Waals surface area contributed by atoms with Gasteiger partial charge >= 0.3 is 6.61 Å². The molecule has 1 atom stereocenters. The minimum Gasteiger partial charge on any atom is -0.435 e. The Morgan fingerprint density at radius 2 is 2.10 bits per heavy atom. The zero-order valence-corrected chi connectivity index (χ0v) is 12.0. The summed E-state index contributed by atoms with van der Waals surface area (Å²) in [5, 5.41) is 14.6. The number of rotatable bonds is 6. The summed E-state index contributed by atoms with van der Waals surface area (Å²) in [6.07, 6.45) is 0.384. The van der Waals surface area contributed by atoms with E-state index in [1.54, 1.807) is 16.8 Å². The summed E-state index contributed by atoms with van der Waals surface area (Å²) < 4.78 is 30.5. The fourth-order valence-electron chi connectivity index (χ4n) is 2.15. The van der Waals surface area contributed by atoms with E-state index in [1.165, 1.54) is 12.1 Å². The molecule has 6 heteroatoms. The van der Waals surface area contributed by atoms with E-state index in [1.807, 2.05) is 20.0 Å². The Bertz CT molecular complexity index is 599. The van der Waals surface area contributed by atoms with Gasteiger partial charge < -0.3 is 9.84 Å². The first-order chi connectivity index (χ1) is 9.99. The van der Waals surface area contributed by atoms with Gasteiger partial charge in [-0.15, -0.1) is 0 Å². The lowest BCUT2D eigenvalue weighted by Crippen LogP contribution is -2.07. The standard InChI is InChI=1S/C15H18F2N2O2/c1-3-11-8-12(19(2)18-11)9-14(20)10-5-4-6-13(7-10)21-15(16)17/h4-8,14-15,20H,3,9H2,1-2H3. The molecule has 4 nitrogen and oxygen atoms in total. The van der Waals surface area contributed by atoms with Crippen molar-refractivity contribution in [2.75, 3.05) is 0 Å². The number of benzene rings is 1. The second kappa shape index (κ2) is 6.67. The van der Waals surface area contributed by atoms with Gasteiger partial charge in [-0.1, -0.05) is 19.1 Å². The van der Waals surface area contributed by atoms with Crippen LogP contribution in [-0.2, 0) is 19.9 Å². The molecule has 0 saturated heterocycles. The van der Waals surface area contributed by atoms with Crippen molar-refractivity contribution in [3.63, 3.8) is 0 Å². The maximum Gasteiger partial charge on any atom is 0.387 e. The average molecular weight is 296 g/mol. The number of aryl methyl sites for hydroxylation is 2. The number of hydrogen-bond donors (Lipinski definition) is 1. The number of hydrogen-bond acceptors (Lipinski definition) is 3. The van der Waals surface area contributed by atoms with Crippen molar-refractivity contribution in [3.8, 4) is 5.75 Å². The highest BCUT2D eigenvalue weighted by Crippen LogP contribution is 2.23. The van der Waals surface area contributed by atoms with Gasteiger partial charge in [0.15, 0.2) is 0 Å². The van der Waals surface area contributed by atoms with Crippen LogP contribution in [0.2, 0.25) is 0 Å². The molecule has 0 amide bonds. The van der Waals surface area contributed by atoms with Gasteiger partial charge in [-0.05, 0) is 30.2 Å². The lowest BCUT2D eigenvalue weighted by atomic mass is 10.0. The van der Waals surface area contributed by atoms with Crippen molar-refractivity contribution in [2.45, 2.75) is 32.5 Å². The Morgan fingerprint density at radius 1 is 1.33 bits per heavy atom. The number of aliphatic hydroxyl groups excluding tert-OH is 1. The number of alkyl halides is 2. The summed E-state index contributed by atoms with van der Waals surface area (Å²) in [6, 6.07) is 8.05. The van der Waals surface area contributed by atoms with E-state index < -0.39 is 12.7 Å². The van der Waals surface area contributed by atoms with Crippen LogP contribution in [0.1, 0.15) is 30.0 Å². The first-order valence-corrected chi connectivity index (χ1v) is 6.74. The van der Waals surface area contributed by atoms with Crippen molar-refractivity contribution in [3.05, 3.63) is 47.3 Å². The number of nitrogens with zero attached hydrogens (tertiary/aromatic N) is 2. The Kier molecular flexibility index (Phi) is 4.90. The SMILES string of the molecule is CCc1cc(CC(O)c2cccc(OC(F)F)c2)n(C)n1. The summed E-state index contributed by atoms with van der Waals surface area (Å²) >= 11 is 0. The van der Waals surface area contributed by atoms with E-state index in [9.17, 15) is 13.9 Å². The van der Waals surface area contributed by atoms with Crippen molar-refractivity contribution in [1.82, 2.24) is 9.78 Å². The van der Waals surface area contributed by atoms with Gasteiger partial charge in [-0.2, -0.15) is 13.9 Å². The van der Waals surface area contributed by atoms with Gasteiger partial charge in [0, 0.05) is 19.2 Å². The highest BCUT2D eigenvalue weighted by Gasteiger charge is 2.14. The van der Waals surface area contributed by atoms with Gasteiger partial charge in [0.05, 0.1) is 11.8 Å². The van der Waals surface area contributed by atoms with Crippen LogP contribution in [0.25, 0.3) is 0 Å². The minimum absolute atomic E-state index is 0.0424. The second-order valence-corrected chi connectivity index (χ2v) is 4.78. The van der Waals surface area contributed by atoms with Crippen LogP contribution < -0.4 is 4.74 Å². The molecule has 0 bridgehead atoms. The molecule has 0 radical (unpaired) electrons. The van der Waals surface area contributed by atoms with Crippen LogP contribution in [0.5, 0.6) is 5.75 Å². The van der Waals surface area contributed by atoms with E-state index in [0.29, 0.717) is 12.0 Å². The first kappa shape index (κ1) is 15.4. The van der Waals surface area contributed by atoms with Crippen molar-refractivity contribution < 1.29 is 18.6 Å². The number of aromatic nitrogens is 2. The maximum absolute atomic E-state index is 12.2. The average Bonchev–Trinajstić information content (AvgIpc) is 2.79. The Morgan fingerprint density at radius 3 is 2.71 bits per heavy atom. The summed E-state index contributed by atoms with van der Waals surface area (Å²) in [7, 11) is 1.82. The van der Waals surface area contributed by atoms with Gasteiger partial charge in [0.25, 0.3) is 0 Å². The molecule has 1 N–H and O–H groups in total. The number of ether oxygens (including phenoxy) is 1. The quantitative estimate of drug-likeness (QED) is 0.891. The minimum atomic E-state index is -2.87. The molecule has 2 aromatic rings. The molecule has 1 heterocycles. The molecular formula is C15H18F2N2O2. The summed E-state index contributed by atoms with van der Waals surface area (Å²) in [5.74, 6) is 0.0424. The molecule has 0 aliphatic carbocycles. The normalized spacial score (nSPS) is 12.7. The molecule has 0 spiro atoms. The predicted octanol–water partition coefficient (Wildman–Crippen LogP) is 2.86. The highest BCUT2D eigenvalue weighted by atomic mass is 19.3. The van der Waals surface area contributed by atoms with Crippen LogP contribution in [0.3, 0.4) is 0 Å². The molecule has 0 aliphatic rings. The van der Waals surface area contributed by atoms with Gasteiger partial charge in [-0.25, -0.2) is 0 Å². The molecule has 0 aliphatic heterocycles. The van der Waals surface area contributed by atoms with Crippen LogP contribution in [0.15, 0.2) is 30.3 Å². The van der Waals surface area contributed by atoms with Crippen molar-refractivity contribution in [2.24, 2.45) is 7.05 Å². The zero-order chi connectivity index (χ0) is 15.4. The zero-order valence-electron chi connectivity index (χ0n) is 12.0. The molecule has 114 valence electrons. The topological polar surface area (TPSA) is 47.3 Å². The highest BCUT2D eigenvalue weighted by molar-refractivity contribution is 5.30. The van der Waals surface area contributed by atoms with Crippen molar-refractivity contribution >= 4 is 0 Å². The molecule has 0 saturated carbocycles. The largest absolute Gasteiger partial charge is 0.435 e. The smallest absolute Gasteiger partial charge is 0.387 e. The Labute approximate surface area is 122 Å². The van der Waals surface area contributed by atoms with Gasteiger partial charge in [0.1, 0.15) is 5.75 Å². The Hall–Kier alpha value is -1.95. The third-order valence-corrected chi connectivity index (χ3v) is 3.26. The summed E-state index contributed by atoms with van der Waals surface area (Å²) in [5.41, 5.74) is 2.38. The summed E-state index contributed by atoms with van der Waals surface area (Å²) in [4.78, 5) is 0. The molecule has 0 fully saturated rings. The fraction of sp³-hybridized carbons (Fsp3) is 0.400. The lowest BCUT2D eigenvalue weighted by Gasteiger charge is -2.12. The van der Waals surface area contributed by atoms with Gasteiger partial charge in [0.2, 0.25) is 0 Å². The second-order valence-electron chi connectivity index (χ2n) is 4.78. The van der Waals surface area contributed by atoms with Gasteiger partial charge in [-0.3, -0.25) is 4.68 Å². The van der Waals surface area contributed by atoms with E-state index in [-0.39, 0.29) is 5.75 Å². The predicted molar refractivity (Wildman–Crippen MR) is 74.3 cm³/mol. The van der Waals surface area contributed by atoms with Crippen LogP contribution in [0.4, 0.5) is 8.78 Å². The molecule has 2 rings (SSSR count). The third kappa shape index (κ3) is 4.01. The molecule has 1 aromatic heterocycles. The molecule has 1 aromatic carbocycles.